The quantitative estimate of drug-likeness (QED) is 0.681. The molecule has 0 spiro atoms. The van der Waals surface area contributed by atoms with Crippen LogP contribution in [0.3, 0.4) is 0 Å². The standard InChI is InChI=1S/C21H20N2O4/c24-9-3-8-22-21(25)16-13-18(23-17-5-2-1-4-15(16)17)14-6-7-19-20(12-14)27-11-10-26-19/h1-2,4-7,12-13,24H,3,8-11H2,(H,22,25). The van der Waals surface area contributed by atoms with Gasteiger partial charge in [0.1, 0.15) is 13.2 Å². The highest BCUT2D eigenvalue weighted by molar-refractivity contribution is 6.07. The van der Waals surface area contributed by atoms with Crippen molar-refractivity contribution >= 4 is 16.8 Å². The summed E-state index contributed by atoms with van der Waals surface area (Å²) in [6.45, 7) is 1.52. The summed E-state index contributed by atoms with van der Waals surface area (Å²) >= 11 is 0. The lowest BCUT2D eigenvalue weighted by molar-refractivity contribution is 0.0953. The van der Waals surface area contributed by atoms with Gasteiger partial charge in [0.2, 0.25) is 0 Å². The minimum atomic E-state index is -0.180. The summed E-state index contributed by atoms with van der Waals surface area (Å²) in [6, 6.07) is 15.0. The number of hydrogen-bond donors (Lipinski definition) is 2. The van der Waals surface area contributed by atoms with Gasteiger partial charge in [-0.25, -0.2) is 4.98 Å². The fourth-order valence-electron chi connectivity index (χ4n) is 3.09. The highest BCUT2D eigenvalue weighted by atomic mass is 16.6. The molecule has 138 valence electrons. The Bertz CT molecular complexity index is 987. The molecule has 2 N–H and O–H groups in total. The molecule has 0 radical (unpaired) electrons. The molecule has 0 atom stereocenters. The van der Waals surface area contributed by atoms with Gasteiger partial charge in [0.25, 0.3) is 5.91 Å². The van der Waals surface area contributed by atoms with Crippen LogP contribution in [0.1, 0.15) is 16.8 Å². The molecule has 2 heterocycles. The molecule has 4 rings (SSSR count). The van der Waals surface area contributed by atoms with Gasteiger partial charge in [0.15, 0.2) is 11.5 Å². The van der Waals surface area contributed by atoms with Gasteiger partial charge in [0.05, 0.1) is 16.8 Å². The minimum Gasteiger partial charge on any atom is -0.486 e. The van der Waals surface area contributed by atoms with Crippen LogP contribution in [0, 0.1) is 0 Å². The van der Waals surface area contributed by atoms with Crippen molar-refractivity contribution in [3.05, 3.63) is 54.1 Å². The van der Waals surface area contributed by atoms with Crippen molar-refractivity contribution in [2.75, 3.05) is 26.4 Å². The molecule has 0 aliphatic carbocycles. The first-order valence-corrected chi connectivity index (χ1v) is 8.95. The number of para-hydroxylation sites is 1. The number of fused-ring (bicyclic) bond motifs is 2. The van der Waals surface area contributed by atoms with Gasteiger partial charge < -0.3 is 19.9 Å². The van der Waals surface area contributed by atoms with Crippen LogP contribution in [0.5, 0.6) is 11.5 Å². The second-order valence-electron chi connectivity index (χ2n) is 6.26. The van der Waals surface area contributed by atoms with Crippen molar-refractivity contribution in [2.24, 2.45) is 0 Å². The van der Waals surface area contributed by atoms with Crippen LogP contribution >= 0.6 is 0 Å². The van der Waals surface area contributed by atoms with Gasteiger partial charge >= 0.3 is 0 Å². The molecular weight excluding hydrogens is 344 g/mol. The molecule has 0 saturated heterocycles. The number of ether oxygens (including phenoxy) is 2. The molecule has 1 aliphatic rings. The maximum Gasteiger partial charge on any atom is 0.252 e. The maximum absolute atomic E-state index is 12.7. The van der Waals surface area contributed by atoms with Gasteiger partial charge in [-0.15, -0.1) is 0 Å². The number of aromatic nitrogens is 1. The number of carbonyl (C=O) groups is 1. The van der Waals surface area contributed by atoms with E-state index in [2.05, 4.69) is 5.32 Å². The van der Waals surface area contributed by atoms with Gasteiger partial charge in [-0.2, -0.15) is 0 Å². The summed E-state index contributed by atoms with van der Waals surface area (Å²) in [4.78, 5) is 17.4. The van der Waals surface area contributed by atoms with E-state index >= 15 is 0 Å². The van der Waals surface area contributed by atoms with Crippen LogP contribution < -0.4 is 14.8 Å². The number of pyridine rings is 1. The second-order valence-corrected chi connectivity index (χ2v) is 6.26. The molecule has 3 aromatic rings. The predicted molar refractivity (Wildman–Crippen MR) is 102 cm³/mol. The summed E-state index contributed by atoms with van der Waals surface area (Å²) in [6.07, 6.45) is 0.518. The fraction of sp³-hybridized carbons (Fsp3) is 0.238. The molecular formula is C21H20N2O4. The second kappa shape index (κ2) is 7.63. The molecule has 2 aromatic carbocycles. The van der Waals surface area contributed by atoms with Crippen LogP contribution in [0.15, 0.2) is 48.5 Å². The number of aliphatic hydroxyl groups is 1. The lowest BCUT2D eigenvalue weighted by atomic mass is 10.0. The molecule has 27 heavy (non-hydrogen) atoms. The Morgan fingerprint density at radius 2 is 1.89 bits per heavy atom. The molecule has 0 fully saturated rings. The van der Waals surface area contributed by atoms with Gasteiger partial charge in [-0.1, -0.05) is 18.2 Å². The first-order chi connectivity index (χ1) is 13.3. The molecule has 6 heteroatoms. The van der Waals surface area contributed by atoms with Crippen LogP contribution in [0.25, 0.3) is 22.2 Å². The molecule has 6 nitrogen and oxygen atoms in total. The zero-order chi connectivity index (χ0) is 18.6. The van der Waals surface area contributed by atoms with Gasteiger partial charge in [0, 0.05) is 24.1 Å². The number of hydrogen-bond acceptors (Lipinski definition) is 5. The van der Waals surface area contributed by atoms with Crippen molar-refractivity contribution in [1.82, 2.24) is 10.3 Å². The zero-order valence-corrected chi connectivity index (χ0v) is 14.8. The largest absolute Gasteiger partial charge is 0.486 e. The number of nitrogens with zero attached hydrogens (tertiary/aromatic N) is 1. The lowest BCUT2D eigenvalue weighted by Crippen LogP contribution is -2.25. The monoisotopic (exact) mass is 364 g/mol. The number of nitrogens with one attached hydrogen (secondary N) is 1. The molecule has 0 bridgehead atoms. The fourth-order valence-corrected chi connectivity index (χ4v) is 3.09. The molecule has 0 saturated carbocycles. The van der Waals surface area contributed by atoms with Crippen molar-refractivity contribution in [1.29, 1.82) is 0 Å². The Hall–Kier alpha value is -3.12. The van der Waals surface area contributed by atoms with Crippen LogP contribution in [-0.2, 0) is 0 Å². The average molecular weight is 364 g/mol. The summed E-state index contributed by atoms with van der Waals surface area (Å²) < 4.78 is 11.2. The van der Waals surface area contributed by atoms with Crippen molar-refractivity contribution in [2.45, 2.75) is 6.42 Å². The van der Waals surface area contributed by atoms with E-state index in [4.69, 9.17) is 19.6 Å². The number of rotatable bonds is 5. The summed E-state index contributed by atoms with van der Waals surface area (Å²) in [5.41, 5.74) is 2.85. The first kappa shape index (κ1) is 17.3. The Balaban J connectivity index is 1.76. The van der Waals surface area contributed by atoms with E-state index in [1.165, 1.54) is 0 Å². The molecule has 0 unspecified atom stereocenters. The van der Waals surface area contributed by atoms with E-state index in [1.807, 2.05) is 42.5 Å². The summed E-state index contributed by atoms with van der Waals surface area (Å²) in [7, 11) is 0. The Morgan fingerprint density at radius 3 is 2.74 bits per heavy atom. The van der Waals surface area contributed by atoms with Gasteiger partial charge in [-0.05, 0) is 36.8 Å². The summed E-state index contributed by atoms with van der Waals surface area (Å²) in [5, 5.41) is 12.6. The topological polar surface area (TPSA) is 80.7 Å². The molecule has 1 aliphatic heterocycles. The normalized spacial score (nSPS) is 12.8. The highest BCUT2D eigenvalue weighted by Crippen LogP contribution is 2.35. The first-order valence-electron chi connectivity index (χ1n) is 8.95. The van der Waals surface area contributed by atoms with Gasteiger partial charge in [-0.3, -0.25) is 4.79 Å². The smallest absolute Gasteiger partial charge is 0.252 e. The molecule has 1 aromatic heterocycles. The van der Waals surface area contributed by atoms with E-state index in [0.717, 1.165) is 16.5 Å². The van der Waals surface area contributed by atoms with E-state index in [1.54, 1.807) is 6.07 Å². The summed E-state index contributed by atoms with van der Waals surface area (Å²) in [5.74, 6) is 1.22. The van der Waals surface area contributed by atoms with Crippen molar-refractivity contribution in [3.8, 4) is 22.8 Å². The third kappa shape index (κ3) is 3.57. The van der Waals surface area contributed by atoms with Crippen molar-refractivity contribution < 1.29 is 19.4 Å². The number of aliphatic hydroxyl groups excluding tert-OH is 1. The Morgan fingerprint density at radius 1 is 1.07 bits per heavy atom. The highest BCUT2D eigenvalue weighted by Gasteiger charge is 2.16. The number of benzene rings is 2. The zero-order valence-electron chi connectivity index (χ0n) is 14.8. The average Bonchev–Trinajstić information content (AvgIpc) is 2.72. The van der Waals surface area contributed by atoms with E-state index in [9.17, 15) is 4.79 Å². The Kier molecular flexibility index (Phi) is 4.89. The third-order valence-electron chi connectivity index (χ3n) is 4.42. The van der Waals surface area contributed by atoms with E-state index < -0.39 is 0 Å². The minimum absolute atomic E-state index is 0.0415. The maximum atomic E-state index is 12.7. The predicted octanol–water partition coefficient (Wildman–Crippen LogP) is 2.79. The van der Waals surface area contributed by atoms with Crippen LogP contribution in [0.2, 0.25) is 0 Å². The molecule has 1 amide bonds. The van der Waals surface area contributed by atoms with Crippen molar-refractivity contribution in [3.63, 3.8) is 0 Å². The van der Waals surface area contributed by atoms with Crippen LogP contribution in [0.4, 0.5) is 0 Å². The SMILES string of the molecule is O=C(NCCCO)c1cc(-c2ccc3c(c2)OCCO3)nc2ccccc12. The lowest BCUT2D eigenvalue weighted by Gasteiger charge is -2.19. The Labute approximate surface area is 156 Å². The van der Waals surface area contributed by atoms with Crippen LogP contribution in [-0.4, -0.2) is 42.4 Å². The van der Waals surface area contributed by atoms with E-state index in [-0.39, 0.29) is 12.5 Å². The third-order valence-corrected chi connectivity index (χ3v) is 4.42. The number of amides is 1. The number of carbonyl (C=O) groups excluding carboxylic acids is 1. The van der Waals surface area contributed by atoms with E-state index in [0.29, 0.717) is 48.9 Å².